The molecule has 0 aliphatic carbocycles. The van der Waals surface area contributed by atoms with Crippen molar-refractivity contribution in [2.45, 2.75) is 18.2 Å². The Labute approximate surface area is 85.1 Å². The van der Waals surface area contributed by atoms with Crippen molar-refractivity contribution in [2.24, 2.45) is 0 Å². The van der Waals surface area contributed by atoms with Crippen molar-refractivity contribution in [3.63, 3.8) is 0 Å². The lowest BCUT2D eigenvalue weighted by atomic mass is 9.97. The number of alkyl halides is 1. The van der Waals surface area contributed by atoms with Gasteiger partial charge in [-0.05, 0) is 11.6 Å². The molecule has 0 saturated carbocycles. The smallest absolute Gasteiger partial charge is 0.127 e. The number of benzene rings is 1. The largest absolute Gasteiger partial charge is 0.303 e. The van der Waals surface area contributed by atoms with Gasteiger partial charge in [0.1, 0.15) is 12.1 Å². The molecule has 0 heterocycles. The van der Waals surface area contributed by atoms with Crippen molar-refractivity contribution in [3.05, 3.63) is 35.1 Å². The molecule has 0 saturated heterocycles. The van der Waals surface area contributed by atoms with Crippen LogP contribution in [0.4, 0.5) is 4.39 Å². The van der Waals surface area contributed by atoms with E-state index in [1.807, 2.05) is 0 Å². The van der Waals surface area contributed by atoms with E-state index in [1.54, 1.807) is 19.1 Å². The minimum atomic E-state index is -0.261. The maximum Gasteiger partial charge on any atom is 0.127 e. The summed E-state index contributed by atoms with van der Waals surface area (Å²) in [5.41, 5.74) is 1.33. The van der Waals surface area contributed by atoms with Gasteiger partial charge in [0.15, 0.2) is 0 Å². The molecule has 13 heavy (non-hydrogen) atoms. The van der Waals surface area contributed by atoms with E-state index in [0.29, 0.717) is 10.9 Å². The molecule has 0 radical (unpaired) electrons. The van der Waals surface area contributed by atoms with Crippen molar-refractivity contribution in [3.8, 4) is 0 Å². The van der Waals surface area contributed by atoms with Crippen molar-refractivity contribution in [1.29, 1.82) is 0 Å². The molecule has 0 N–H and O–H groups in total. The molecule has 1 nitrogen and oxygen atoms in total. The standard InChI is InChI=1S/C10H10BrFO/c1-7(6-13)8-3-2-4-10(12)9(8)5-11/h2-4,6-7H,5H2,1H3. The summed E-state index contributed by atoms with van der Waals surface area (Å²) < 4.78 is 13.2. The monoisotopic (exact) mass is 244 g/mol. The van der Waals surface area contributed by atoms with E-state index in [2.05, 4.69) is 15.9 Å². The van der Waals surface area contributed by atoms with E-state index >= 15 is 0 Å². The van der Waals surface area contributed by atoms with Gasteiger partial charge in [0, 0.05) is 16.8 Å². The third kappa shape index (κ3) is 2.15. The van der Waals surface area contributed by atoms with E-state index in [4.69, 9.17) is 0 Å². The van der Waals surface area contributed by atoms with Gasteiger partial charge in [-0.2, -0.15) is 0 Å². The fourth-order valence-corrected chi connectivity index (χ4v) is 1.81. The first-order chi connectivity index (χ1) is 6.20. The zero-order chi connectivity index (χ0) is 9.84. The molecule has 1 atom stereocenters. The van der Waals surface area contributed by atoms with Crippen molar-refractivity contribution >= 4 is 22.2 Å². The summed E-state index contributed by atoms with van der Waals surface area (Å²) in [6.45, 7) is 1.76. The third-order valence-corrected chi connectivity index (χ3v) is 2.54. The first-order valence-electron chi connectivity index (χ1n) is 3.99. The van der Waals surface area contributed by atoms with Crippen LogP contribution in [0.25, 0.3) is 0 Å². The summed E-state index contributed by atoms with van der Waals surface area (Å²) in [7, 11) is 0. The number of rotatable bonds is 3. The van der Waals surface area contributed by atoms with Gasteiger partial charge >= 0.3 is 0 Å². The van der Waals surface area contributed by atoms with Gasteiger partial charge in [-0.1, -0.05) is 35.0 Å². The molecule has 0 bridgehead atoms. The highest BCUT2D eigenvalue weighted by Crippen LogP contribution is 2.22. The minimum absolute atomic E-state index is 0.247. The van der Waals surface area contributed by atoms with E-state index in [9.17, 15) is 9.18 Å². The zero-order valence-electron chi connectivity index (χ0n) is 7.26. The molecule has 1 aromatic rings. The van der Waals surface area contributed by atoms with Gasteiger partial charge < -0.3 is 4.79 Å². The minimum Gasteiger partial charge on any atom is -0.303 e. The molecule has 0 aliphatic rings. The van der Waals surface area contributed by atoms with E-state index < -0.39 is 0 Å². The molecule has 1 aromatic carbocycles. The maximum absolute atomic E-state index is 13.2. The summed E-state index contributed by atoms with van der Waals surface area (Å²) in [6, 6.07) is 4.80. The molecule has 1 rings (SSSR count). The average Bonchev–Trinajstić information content (AvgIpc) is 2.16. The van der Waals surface area contributed by atoms with Gasteiger partial charge in [-0.25, -0.2) is 4.39 Å². The predicted octanol–water partition coefficient (Wildman–Crippen LogP) is 3.02. The highest BCUT2D eigenvalue weighted by Gasteiger charge is 2.11. The fraction of sp³-hybridized carbons (Fsp3) is 0.300. The molecule has 70 valence electrons. The predicted molar refractivity (Wildman–Crippen MR) is 53.5 cm³/mol. The first-order valence-corrected chi connectivity index (χ1v) is 5.11. The molecule has 3 heteroatoms. The lowest BCUT2D eigenvalue weighted by Gasteiger charge is -2.09. The Kier molecular flexibility index (Phi) is 3.60. The Morgan fingerprint density at radius 3 is 2.85 bits per heavy atom. The van der Waals surface area contributed by atoms with Gasteiger partial charge in [-0.15, -0.1) is 0 Å². The summed E-state index contributed by atoms with van der Waals surface area (Å²) in [6.07, 6.45) is 0.820. The third-order valence-electron chi connectivity index (χ3n) is 1.98. The first kappa shape index (κ1) is 10.4. The van der Waals surface area contributed by atoms with Gasteiger partial charge in [-0.3, -0.25) is 0 Å². The lowest BCUT2D eigenvalue weighted by Crippen LogP contribution is -2.01. The van der Waals surface area contributed by atoms with Crippen molar-refractivity contribution in [1.82, 2.24) is 0 Å². The van der Waals surface area contributed by atoms with Crippen LogP contribution >= 0.6 is 15.9 Å². The molecular formula is C10H10BrFO. The van der Waals surface area contributed by atoms with Crippen LogP contribution in [-0.4, -0.2) is 6.29 Å². The second-order valence-electron chi connectivity index (χ2n) is 2.87. The number of aldehydes is 1. The molecule has 0 aliphatic heterocycles. The maximum atomic E-state index is 13.2. The molecule has 0 amide bonds. The topological polar surface area (TPSA) is 17.1 Å². The lowest BCUT2D eigenvalue weighted by molar-refractivity contribution is -0.108. The normalized spacial score (nSPS) is 12.5. The summed E-state index contributed by atoms with van der Waals surface area (Å²) in [5, 5.41) is 0.438. The van der Waals surface area contributed by atoms with Gasteiger partial charge in [0.05, 0.1) is 0 Å². The van der Waals surface area contributed by atoms with Crippen LogP contribution in [0.2, 0.25) is 0 Å². The second kappa shape index (κ2) is 4.51. The zero-order valence-corrected chi connectivity index (χ0v) is 8.84. The van der Waals surface area contributed by atoms with Crippen LogP contribution in [0.1, 0.15) is 24.0 Å². The van der Waals surface area contributed by atoms with Crippen molar-refractivity contribution < 1.29 is 9.18 Å². The van der Waals surface area contributed by atoms with E-state index in [0.717, 1.165) is 11.8 Å². The Hall–Kier alpha value is -0.700. The highest BCUT2D eigenvalue weighted by molar-refractivity contribution is 9.08. The Balaban J connectivity index is 3.19. The Morgan fingerprint density at radius 1 is 1.62 bits per heavy atom. The molecule has 0 spiro atoms. The molecule has 0 aromatic heterocycles. The summed E-state index contributed by atoms with van der Waals surface area (Å²) in [5.74, 6) is -0.508. The SMILES string of the molecule is CC(C=O)c1cccc(F)c1CBr. The summed E-state index contributed by atoms with van der Waals surface area (Å²) in [4.78, 5) is 10.5. The second-order valence-corrected chi connectivity index (χ2v) is 3.43. The molecular weight excluding hydrogens is 235 g/mol. The molecule has 0 fully saturated rings. The molecule has 1 unspecified atom stereocenters. The number of carbonyl (C=O) groups excluding carboxylic acids is 1. The Bertz CT molecular complexity index is 312. The number of hydrogen-bond acceptors (Lipinski definition) is 1. The number of hydrogen-bond donors (Lipinski definition) is 0. The highest BCUT2D eigenvalue weighted by atomic mass is 79.9. The van der Waals surface area contributed by atoms with E-state index in [1.165, 1.54) is 6.07 Å². The van der Waals surface area contributed by atoms with Crippen LogP contribution in [0.3, 0.4) is 0 Å². The number of halogens is 2. The van der Waals surface area contributed by atoms with Gasteiger partial charge in [0.25, 0.3) is 0 Å². The quantitative estimate of drug-likeness (QED) is 0.590. The van der Waals surface area contributed by atoms with Crippen molar-refractivity contribution in [2.75, 3.05) is 0 Å². The Morgan fingerprint density at radius 2 is 2.31 bits per heavy atom. The van der Waals surface area contributed by atoms with Gasteiger partial charge in [0.2, 0.25) is 0 Å². The summed E-state index contributed by atoms with van der Waals surface area (Å²) >= 11 is 3.20. The number of carbonyl (C=O) groups is 1. The van der Waals surface area contributed by atoms with Crippen LogP contribution < -0.4 is 0 Å². The average molecular weight is 245 g/mol. The van der Waals surface area contributed by atoms with Crippen LogP contribution in [0.15, 0.2) is 18.2 Å². The van der Waals surface area contributed by atoms with Crippen LogP contribution in [0, 0.1) is 5.82 Å². The fourth-order valence-electron chi connectivity index (χ4n) is 1.22. The van der Waals surface area contributed by atoms with E-state index in [-0.39, 0.29) is 11.7 Å². The van der Waals surface area contributed by atoms with Crippen LogP contribution in [-0.2, 0) is 10.1 Å². The van der Waals surface area contributed by atoms with Crippen LogP contribution in [0.5, 0.6) is 0 Å².